The fraction of sp³-hybridized carbons (Fsp3) is 0.286. The smallest absolute Gasteiger partial charge is 0.251 e. The highest BCUT2D eigenvalue weighted by Gasteiger charge is 2.13. The molecule has 1 aliphatic heterocycles. The Balaban J connectivity index is 0.00000147. The second kappa shape index (κ2) is 6.07. The van der Waals surface area contributed by atoms with E-state index < -0.39 is 0 Å². The fourth-order valence-corrected chi connectivity index (χ4v) is 2.21. The summed E-state index contributed by atoms with van der Waals surface area (Å²) < 4.78 is 5.05. The van der Waals surface area contributed by atoms with Crippen molar-refractivity contribution in [1.29, 1.82) is 0 Å². The van der Waals surface area contributed by atoms with Gasteiger partial charge in [0.15, 0.2) is 5.76 Å². The lowest BCUT2D eigenvalue weighted by atomic mass is 10.1. The first-order chi connectivity index (χ1) is 9.22. The van der Waals surface area contributed by atoms with Crippen LogP contribution >= 0.6 is 12.4 Å². The third kappa shape index (κ3) is 3.00. The lowest BCUT2D eigenvalue weighted by Gasteiger charge is -2.05. The average molecular weight is 294 g/mol. The van der Waals surface area contributed by atoms with Crippen molar-refractivity contribution in [2.45, 2.75) is 26.6 Å². The molecule has 0 bridgehead atoms. The third-order valence-corrected chi connectivity index (χ3v) is 3.20. The standard InChI is InChI=1S/C14H15N3O2.ClH/c1-9-4-13(19-17-9)8-16-14(18)10-2-3-11-6-15-7-12(11)5-10;/h2-5,15H,6-8H2,1H3,(H,16,18);1H. The molecule has 2 aromatic rings. The number of aromatic nitrogens is 1. The van der Waals surface area contributed by atoms with E-state index in [9.17, 15) is 4.79 Å². The summed E-state index contributed by atoms with van der Waals surface area (Å²) in [4.78, 5) is 12.0. The van der Waals surface area contributed by atoms with Crippen molar-refractivity contribution in [3.63, 3.8) is 0 Å². The van der Waals surface area contributed by atoms with E-state index in [1.54, 1.807) is 0 Å². The molecule has 20 heavy (non-hydrogen) atoms. The highest BCUT2D eigenvalue weighted by Crippen LogP contribution is 2.17. The van der Waals surface area contributed by atoms with Gasteiger partial charge in [-0.05, 0) is 30.2 Å². The van der Waals surface area contributed by atoms with E-state index in [1.807, 2.05) is 31.2 Å². The summed E-state index contributed by atoms with van der Waals surface area (Å²) >= 11 is 0. The van der Waals surface area contributed by atoms with Crippen molar-refractivity contribution in [2.24, 2.45) is 0 Å². The number of aryl methyl sites for hydroxylation is 1. The lowest BCUT2D eigenvalue weighted by molar-refractivity contribution is 0.0947. The molecule has 0 fully saturated rings. The minimum absolute atomic E-state index is 0. The van der Waals surface area contributed by atoms with Gasteiger partial charge in [0.25, 0.3) is 5.91 Å². The van der Waals surface area contributed by atoms with Crippen LogP contribution in [-0.4, -0.2) is 11.1 Å². The molecule has 0 spiro atoms. The summed E-state index contributed by atoms with van der Waals surface area (Å²) in [5.41, 5.74) is 3.96. The number of rotatable bonds is 3. The number of nitrogens with zero attached hydrogens (tertiary/aromatic N) is 1. The zero-order valence-corrected chi connectivity index (χ0v) is 11.9. The number of carbonyl (C=O) groups is 1. The molecule has 0 atom stereocenters. The van der Waals surface area contributed by atoms with Crippen molar-refractivity contribution in [1.82, 2.24) is 15.8 Å². The fourth-order valence-electron chi connectivity index (χ4n) is 2.21. The number of halogens is 1. The molecule has 2 N–H and O–H groups in total. The molecule has 106 valence electrons. The normalized spacial score (nSPS) is 12.7. The van der Waals surface area contributed by atoms with Crippen molar-refractivity contribution < 1.29 is 9.32 Å². The molecular weight excluding hydrogens is 278 g/mol. The molecule has 1 aromatic heterocycles. The van der Waals surface area contributed by atoms with Crippen LogP contribution in [0.15, 0.2) is 28.8 Å². The Morgan fingerprint density at radius 1 is 1.35 bits per heavy atom. The van der Waals surface area contributed by atoms with Crippen LogP contribution in [0.2, 0.25) is 0 Å². The summed E-state index contributed by atoms with van der Waals surface area (Å²) in [6.07, 6.45) is 0. The Hall–Kier alpha value is -1.85. The Bertz CT molecular complexity index is 625. The molecule has 3 rings (SSSR count). The number of hydrogen-bond donors (Lipinski definition) is 2. The summed E-state index contributed by atoms with van der Waals surface area (Å²) in [7, 11) is 0. The summed E-state index contributed by atoms with van der Waals surface area (Å²) in [5.74, 6) is 0.567. The number of amides is 1. The van der Waals surface area contributed by atoms with E-state index in [0.717, 1.165) is 18.8 Å². The third-order valence-electron chi connectivity index (χ3n) is 3.20. The van der Waals surface area contributed by atoms with Crippen molar-refractivity contribution >= 4 is 18.3 Å². The molecule has 1 amide bonds. The van der Waals surface area contributed by atoms with Crippen molar-refractivity contribution in [3.05, 3.63) is 52.4 Å². The van der Waals surface area contributed by atoms with Crippen LogP contribution in [0.3, 0.4) is 0 Å². The van der Waals surface area contributed by atoms with Crippen LogP contribution in [-0.2, 0) is 19.6 Å². The minimum atomic E-state index is -0.0937. The first-order valence-electron chi connectivity index (χ1n) is 6.25. The summed E-state index contributed by atoms with van der Waals surface area (Å²) in [6, 6.07) is 7.61. The largest absolute Gasteiger partial charge is 0.359 e. The highest BCUT2D eigenvalue weighted by atomic mass is 35.5. The second-order valence-electron chi connectivity index (χ2n) is 4.70. The quantitative estimate of drug-likeness (QED) is 0.907. The zero-order valence-electron chi connectivity index (χ0n) is 11.1. The maximum Gasteiger partial charge on any atom is 0.251 e. The van der Waals surface area contributed by atoms with Crippen LogP contribution in [0.5, 0.6) is 0 Å². The van der Waals surface area contributed by atoms with Gasteiger partial charge in [-0.15, -0.1) is 12.4 Å². The molecular formula is C14H16ClN3O2. The predicted molar refractivity (Wildman–Crippen MR) is 76.6 cm³/mol. The average Bonchev–Trinajstić information content (AvgIpc) is 3.03. The zero-order chi connectivity index (χ0) is 13.2. The van der Waals surface area contributed by atoms with Gasteiger partial charge >= 0.3 is 0 Å². The van der Waals surface area contributed by atoms with Gasteiger partial charge in [-0.1, -0.05) is 11.2 Å². The monoisotopic (exact) mass is 293 g/mol. The van der Waals surface area contributed by atoms with E-state index in [4.69, 9.17) is 4.52 Å². The van der Waals surface area contributed by atoms with Gasteiger partial charge in [0.2, 0.25) is 0 Å². The van der Waals surface area contributed by atoms with Gasteiger partial charge in [0, 0.05) is 24.7 Å². The van der Waals surface area contributed by atoms with E-state index in [2.05, 4.69) is 15.8 Å². The highest BCUT2D eigenvalue weighted by molar-refractivity contribution is 5.94. The van der Waals surface area contributed by atoms with Gasteiger partial charge < -0.3 is 15.2 Å². The predicted octanol–water partition coefficient (Wildman–Crippen LogP) is 1.94. The Kier molecular flexibility index (Phi) is 4.42. The molecule has 0 saturated carbocycles. The number of fused-ring (bicyclic) bond motifs is 1. The van der Waals surface area contributed by atoms with Crippen LogP contribution in [0.4, 0.5) is 0 Å². The van der Waals surface area contributed by atoms with Crippen LogP contribution in [0.1, 0.15) is 32.9 Å². The lowest BCUT2D eigenvalue weighted by Crippen LogP contribution is -2.22. The number of hydrogen-bond acceptors (Lipinski definition) is 4. The van der Waals surface area contributed by atoms with Crippen molar-refractivity contribution in [2.75, 3.05) is 0 Å². The van der Waals surface area contributed by atoms with E-state index in [1.165, 1.54) is 11.1 Å². The van der Waals surface area contributed by atoms with E-state index in [0.29, 0.717) is 17.9 Å². The molecule has 2 heterocycles. The molecule has 0 saturated heterocycles. The SMILES string of the molecule is Cc1cc(CNC(=O)c2ccc3c(c2)CNC3)on1.Cl. The first-order valence-corrected chi connectivity index (χ1v) is 6.25. The maximum absolute atomic E-state index is 12.0. The van der Waals surface area contributed by atoms with Crippen molar-refractivity contribution in [3.8, 4) is 0 Å². The van der Waals surface area contributed by atoms with E-state index >= 15 is 0 Å². The molecule has 6 heteroatoms. The Morgan fingerprint density at radius 2 is 2.15 bits per heavy atom. The van der Waals surface area contributed by atoms with Crippen LogP contribution in [0, 0.1) is 6.92 Å². The summed E-state index contributed by atoms with van der Waals surface area (Å²) in [6.45, 7) is 3.92. The Morgan fingerprint density at radius 3 is 2.90 bits per heavy atom. The van der Waals surface area contributed by atoms with Gasteiger partial charge in [-0.25, -0.2) is 0 Å². The molecule has 0 radical (unpaired) electrons. The van der Waals surface area contributed by atoms with Gasteiger partial charge in [0.1, 0.15) is 0 Å². The van der Waals surface area contributed by atoms with Crippen LogP contribution in [0.25, 0.3) is 0 Å². The molecule has 5 nitrogen and oxygen atoms in total. The Labute approximate surface area is 123 Å². The van der Waals surface area contributed by atoms with Crippen LogP contribution < -0.4 is 10.6 Å². The minimum Gasteiger partial charge on any atom is -0.359 e. The first kappa shape index (κ1) is 14.6. The maximum atomic E-state index is 12.0. The van der Waals surface area contributed by atoms with Gasteiger partial charge in [0.05, 0.1) is 12.2 Å². The number of benzene rings is 1. The summed E-state index contributed by atoms with van der Waals surface area (Å²) in [5, 5.41) is 9.87. The topological polar surface area (TPSA) is 67.2 Å². The molecule has 1 aliphatic rings. The molecule has 0 aliphatic carbocycles. The number of nitrogens with one attached hydrogen (secondary N) is 2. The molecule has 1 aromatic carbocycles. The van der Waals surface area contributed by atoms with Gasteiger partial charge in [-0.2, -0.15) is 0 Å². The second-order valence-corrected chi connectivity index (χ2v) is 4.70. The molecule has 0 unspecified atom stereocenters. The van der Waals surface area contributed by atoms with E-state index in [-0.39, 0.29) is 18.3 Å². The van der Waals surface area contributed by atoms with Gasteiger partial charge in [-0.3, -0.25) is 4.79 Å². The number of carbonyl (C=O) groups excluding carboxylic acids is 1.